The van der Waals surface area contributed by atoms with Crippen LogP contribution in [0.1, 0.15) is 0 Å². The third-order valence-corrected chi connectivity index (χ3v) is 2.27. The van der Waals surface area contributed by atoms with E-state index in [9.17, 15) is 0 Å². The van der Waals surface area contributed by atoms with Crippen LogP contribution in [0.5, 0.6) is 17.2 Å². The van der Waals surface area contributed by atoms with E-state index in [4.69, 9.17) is 15.4 Å². The molecule has 0 unspecified atom stereocenters. The first-order valence-electron chi connectivity index (χ1n) is 5.66. The minimum atomic E-state index is 0.363. The second-order valence-electron chi connectivity index (χ2n) is 3.61. The van der Waals surface area contributed by atoms with Gasteiger partial charge in [-0.05, 0) is 36.4 Å². The van der Waals surface area contributed by atoms with Crippen LogP contribution in [0.2, 0.25) is 0 Å². The van der Waals surface area contributed by atoms with Gasteiger partial charge in [0.1, 0.15) is 30.5 Å². The van der Waals surface area contributed by atoms with E-state index in [1.807, 2.05) is 54.6 Å². The summed E-state index contributed by atoms with van der Waals surface area (Å²) in [4.78, 5) is 4.42. The van der Waals surface area contributed by atoms with E-state index >= 15 is 0 Å². The molecule has 2 aromatic rings. The average Bonchev–Trinajstić information content (AvgIpc) is 2.42. The highest BCUT2D eigenvalue weighted by Gasteiger charge is 1.98. The van der Waals surface area contributed by atoms with E-state index in [1.54, 1.807) is 0 Å². The monoisotopic (exact) mass is 245 g/mol. The average molecular weight is 245 g/mol. The van der Waals surface area contributed by atoms with Gasteiger partial charge in [0.2, 0.25) is 0 Å². The van der Waals surface area contributed by atoms with Crippen LogP contribution in [0, 0.1) is 0 Å². The number of para-hydroxylation sites is 1. The molecule has 0 saturated heterocycles. The first kappa shape index (κ1) is 12.4. The molecule has 0 spiro atoms. The van der Waals surface area contributed by atoms with Gasteiger partial charge in [-0.2, -0.15) is 0 Å². The fraction of sp³-hybridized carbons (Fsp3) is 0.143. The second kappa shape index (κ2) is 6.64. The lowest BCUT2D eigenvalue weighted by molar-refractivity contribution is 0.102. The van der Waals surface area contributed by atoms with Gasteiger partial charge < -0.3 is 14.3 Å². The maximum atomic E-state index is 5.66. The van der Waals surface area contributed by atoms with Crippen molar-refractivity contribution < 1.29 is 14.3 Å². The van der Waals surface area contributed by atoms with Crippen molar-refractivity contribution in [1.29, 1.82) is 0 Å². The molecule has 2 N–H and O–H groups in total. The van der Waals surface area contributed by atoms with E-state index in [2.05, 4.69) is 4.84 Å². The Bertz CT molecular complexity index is 456. The van der Waals surface area contributed by atoms with Crippen molar-refractivity contribution in [2.75, 3.05) is 13.2 Å². The van der Waals surface area contributed by atoms with Gasteiger partial charge in [0, 0.05) is 0 Å². The Labute approximate surface area is 106 Å². The fourth-order valence-electron chi connectivity index (χ4n) is 1.44. The second-order valence-corrected chi connectivity index (χ2v) is 3.61. The number of hydrogen-bond acceptors (Lipinski definition) is 4. The number of rotatable bonds is 6. The van der Waals surface area contributed by atoms with Crippen molar-refractivity contribution in [3.05, 3.63) is 54.6 Å². The summed E-state index contributed by atoms with van der Waals surface area (Å²) in [6.45, 7) is 0.789. The molecule has 0 aliphatic rings. The van der Waals surface area contributed by atoms with Crippen molar-refractivity contribution >= 4 is 0 Å². The van der Waals surface area contributed by atoms with E-state index < -0.39 is 0 Å². The first-order chi connectivity index (χ1) is 8.88. The van der Waals surface area contributed by atoms with Crippen molar-refractivity contribution in [1.82, 2.24) is 0 Å². The molecule has 4 nitrogen and oxygen atoms in total. The summed E-state index contributed by atoms with van der Waals surface area (Å²) < 4.78 is 11.0. The molecule has 4 heteroatoms. The van der Waals surface area contributed by atoms with Gasteiger partial charge in [-0.25, -0.2) is 5.90 Å². The van der Waals surface area contributed by atoms with Crippen LogP contribution in [0.3, 0.4) is 0 Å². The van der Waals surface area contributed by atoms with Crippen LogP contribution in [-0.4, -0.2) is 13.2 Å². The lowest BCUT2D eigenvalue weighted by Crippen LogP contribution is -2.09. The van der Waals surface area contributed by atoms with Crippen LogP contribution in [0.25, 0.3) is 0 Å². The van der Waals surface area contributed by atoms with Crippen LogP contribution in [-0.2, 0) is 4.84 Å². The Balaban J connectivity index is 1.91. The first-order valence-corrected chi connectivity index (χ1v) is 5.66. The predicted molar refractivity (Wildman–Crippen MR) is 68.6 cm³/mol. The zero-order valence-electron chi connectivity index (χ0n) is 9.91. The third kappa shape index (κ3) is 3.76. The minimum absolute atomic E-state index is 0.363. The highest BCUT2D eigenvalue weighted by molar-refractivity contribution is 5.35. The molecule has 2 aromatic carbocycles. The molecule has 2 rings (SSSR count). The molecule has 0 heterocycles. The quantitative estimate of drug-likeness (QED) is 0.628. The standard InChI is InChI=1S/C14H15NO3/c15-17-11-10-16-12-6-8-14(9-7-12)18-13-4-2-1-3-5-13/h1-9H,10-11,15H2. The Hall–Kier alpha value is -2.04. The van der Waals surface area contributed by atoms with Crippen molar-refractivity contribution in [3.63, 3.8) is 0 Å². The summed E-state index contributed by atoms with van der Waals surface area (Å²) in [6.07, 6.45) is 0. The molecule has 0 saturated carbocycles. The smallest absolute Gasteiger partial charge is 0.127 e. The lowest BCUT2D eigenvalue weighted by Gasteiger charge is -2.07. The molecule has 0 aliphatic carbocycles. The van der Waals surface area contributed by atoms with Gasteiger partial charge in [0.15, 0.2) is 0 Å². The Kier molecular flexibility index (Phi) is 4.58. The number of hydrogen-bond donors (Lipinski definition) is 1. The van der Waals surface area contributed by atoms with Gasteiger partial charge in [0.25, 0.3) is 0 Å². The summed E-state index contributed by atoms with van der Waals surface area (Å²) >= 11 is 0. The molecular formula is C14H15NO3. The van der Waals surface area contributed by atoms with E-state index in [-0.39, 0.29) is 0 Å². The van der Waals surface area contributed by atoms with Crippen LogP contribution >= 0.6 is 0 Å². The summed E-state index contributed by atoms with van der Waals surface area (Å²) in [5.74, 6) is 7.23. The topological polar surface area (TPSA) is 53.7 Å². The minimum Gasteiger partial charge on any atom is -0.491 e. The number of ether oxygens (including phenoxy) is 2. The molecule has 0 amide bonds. The van der Waals surface area contributed by atoms with Gasteiger partial charge >= 0.3 is 0 Å². The molecule has 0 atom stereocenters. The van der Waals surface area contributed by atoms with E-state index in [0.29, 0.717) is 13.2 Å². The highest BCUT2D eigenvalue weighted by atomic mass is 16.6. The maximum absolute atomic E-state index is 5.66. The van der Waals surface area contributed by atoms with E-state index in [0.717, 1.165) is 17.2 Å². The van der Waals surface area contributed by atoms with Crippen LogP contribution in [0.15, 0.2) is 54.6 Å². The molecule has 0 bridgehead atoms. The maximum Gasteiger partial charge on any atom is 0.127 e. The summed E-state index contributed by atoms with van der Waals surface area (Å²) in [5.41, 5.74) is 0. The predicted octanol–water partition coefficient (Wildman–Crippen LogP) is 2.75. The Morgan fingerprint density at radius 3 is 2.00 bits per heavy atom. The molecule has 0 aliphatic heterocycles. The summed E-state index contributed by atoms with van der Waals surface area (Å²) in [7, 11) is 0. The third-order valence-electron chi connectivity index (χ3n) is 2.27. The lowest BCUT2D eigenvalue weighted by atomic mass is 10.3. The normalized spacial score (nSPS) is 10.1. The summed E-state index contributed by atoms with van der Waals surface area (Å²) in [6, 6.07) is 17.0. The summed E-state index contributed by atoms with van der Waals surface area (Å²) in [5, 5.41) is 0. The van der Waals surface area contributed by atoms with Gasteiger partial charge in [-0.1, -0.05) is 18.2 Å². The highest BCUT2D eigenvalue weighted by Crippen LogP contribution is 2.23. The molecular weight excluding hydrogens is 230 g/mol. The van der Waals surface area contributed by atoms with Crippen molar-refractivity contribution in [3.8, 4) is 17.2 Å². The van der Waals surface area contributed by atoms with Crippen LogP contribution < -0.4 is 15.4 Å². The van der Waals surface area contributed by atoms with Crippen LogP contribution in [0.4, 0.5) is 0 Å². The molecule has 0 aromatic heterocycles. The van der Waals surface area contributed by atoms with Crippen molar-refractivity contribution in [2.45, 2.75) is 0 Å². The largest absolute Gasteiger partial charge is 0.491 e. The number of nitrogens with two attached hydrogens (primary N) is 1. The van der Waals surface area contributed by atoms with E-state index in [1.165, 1.54) is 0 Å². The zero-order chi connectivity index (χ0) is 12.6. The van der Waals surface area contributed by atoms with Gasteiger partial charge in [-0.15, -0.1) is 0 Å². The zero-order valence-corrected chi connectivity index (χ0v) is 9.91. The molecule has 18 heavy (non-hydrogen) atoms. The van der Waals surface area contributed by atoms with Gasteiger partial charge in [0.05, 0.1) is 0 Å². The molecule has 0 radical (unpaired) electrons. The SMILES string of the molecule is NOCCOc1ccc(Oc2ccccc2)cc1. The number of benzene rings is 2. The Morgan fingerprint density at radius 2 is 1.33 bits per heavy atom. The fourth-order valence-corrected chi connectivity index (χ4v) is 1.44. The Morgan fingerprint density at radius 1 is 0.722 bits per heavy atom. The van der Waals surface area contributed by atoms with Crippen molar-refractivity contribution in [2.24, 2.45) is 5.90 Å². The molecule has 94 valence electrons. The van der Waals surface area contributed by atoms with Gasteiger partial charge in [-0.3, -0.25) is 0 Å². The molecule has 0 fully saturated rings.